The van der Waals surface area contributed by atoms with Crippen LogP contribution >= 0.6 is 0 Å². The Balaban J connectivity index is 2.11. The average molecular weight is 217 g/mol. The first-order chi connectivity index (χ1) is 7.75. The standard InChI is InChI=1S/C13H19N3/c14-12-6-2-1-4-10(9-12)8-11-5-3-7-16-13(11)15/h3,5,7,9,12H,1-2,4,6,8,14H2,(H2,15,16). The summed E-state index contributed by atoms with van der Waals surface area (Å²) in [5, 5.41) is 0. The molecule has 3 heteroatoms. The molecule has 0 aliphatic heterocycles. The minimum atomic E-state index is 0.218. The maximum absolute atomic E-state index is 5.99. The van der Waals surface area contributed by atoms with Gasteiger partial charge in [-0.25, -0.2) is 4.98 Å². The van der Waals surface area contributed by atoms with Gasteiger partial charge < -0.3 is 11.5 Å². The third-order valence-corrected chi connectivity index (χ3v) is 3.08. The van der Waals surface area contributed by atoms with Gasteiger partial charge in [-0.1, -0.05) is 24.1 Å². The minimum absolute atomic E-state index is 0.218. The molecule has 16 heavy (non-hydrogen) atoms. The Bertz CT molecular complexity index is 385. The number of nitrogen functional groups attached to an aromatic ring is 1. The Hall–Kier alpha value is -1.35. The Morgan fingerprint density at radius 1 is 1.38 bits per heavy atom. The van der Waals surface area contributed by atoms with E-state index in [0.717, 1.165) is 24.8 Å². The van der Waals surface area contributed by atoms with Crippen LogP contribution in [0.15, 0.2) is 30.0 Å². The van der Waals surface area contributed by atoms with Crippen LogP contribution in [0.1, 0.15) is 31.2 Å². The zero-order valence-electron chi connectivity index (χ0n) is 9.52. The van der Waals surface area contributed by atoms with Gasteiger partial charge in [0, 0.05) is 12.2 Å². The monoisotopic (exact) mass is 217 g/mol. The van der Waals surface area contributed by atoms with E-state index < -0.39 is 0 Å². The summed E-state index contributed by atoms with van der Waals surface area (Å²) >= 11 is 0. The number of allylic oxidation sites excluding steroid dienone is 1. The summed E-state index contributed by atoms with van der Waals surface area (Å²) in [6.45, 7) is 0. The predicted molar refractivity (Wildman–Crippen MR) is 66.9 cm³/mol. The van der Waals surface area contributed by atoms with Gasteiger partial charge in [0.05, 0.1) is 0 Å². The molecule has 2 rings (SSSR count). The van der Waals surface area contributed by atoms with Gasteiger partial charge in [-0.15, -0.1) is 0 Å². The molecule has 1 aromatic rings. The van der Waals surface area contributed by atoms with Crippen molar-refractivity contribution >= 4 is 5.82 Å². The number of anilines is 1. The second-order valence-electron chi connectivity index (χ2n) is 4.46. The number of aromatic nitrogens is 1. The van der Waals surface area contributed by atoms with Gasteiger partial charge in [0.25, 0.3) is 0 Å². The predicted octanol–water partition coefficient (Wildman–Crippen LogP) is 2.03. The van der Waals surface area contributed by atoms with Gasteiger partial charge in [0.2, 0.25) is 0 Å². The molecule has 0 saturated carbocycles. The number of hydrogen-bond donors (Lipinski definition) is 2. The Morgan fingerprint density at radius 3 is 3.06 bits per heavy atom. The molecule has 0 saturated heterocycles. The van der Waals surface area contributed by atoms with Crippen LogP contribution in [0.4, 0.5) is 5.82 Å². The van der Waals surface area contributed by atoms with E-state index in [1.165, 1.54) is 18.4 Å². The Kier molecular flexibility index (Phi) is 3.57. The van der Waals surface area contributed by atoms with E-state index in [2.05, 4.69) is 11.1 Å². The lowest BCUT2D eigenvalue weighted by Gasteiger charge is -2.08. The van der Waals surface area contributed by atoms with Gasteiger partial charge in [0.1, 0.15) is 5.82 Å². The Labute approximate surface area is 96.6 Å². The molecule has 0 fully saturated rings. The molecule has 86 valence electrons. The van der Waals surface area contributed by atoms with Crippen molar-refractivity contribution in [3.8, 4) is 0 Å². The summed E-state index contributed by atoms with van der Waals surface area (Å²) in [5.74, 6) is 0.640. The molecule has 0 spiro atoms. The molecule has 0 bridgehead atoms. The fourth-order valence-corrected chi connectivity index (χ4v) is 2.19. The van der Waals surface area contributed by atoms with E-state index in [1.807, 2.05) is 12.1 Å². The molecule has 4 N–H and O–H groups in total. The highest BCUT2D eigenvalue weighted by Gasteiger charge is 2.10. The topological polar surface area (TPSA) is 64.9 Å². The first-order valence-electron chi connectivity index (χ1n) is 5.90. The maximum atomic E-state index is 5.99. The lowest BCUT2D eigenvalue weighted by Crippen LogP contribution is -2.16. The van der Waals surface area contributed by atoms with Crippen molar-refractivity contribution in [1.82, 2.24) is 4.98 Å². The lowest BCUT2D eigenvalue weighted by atomic mass is 10.0. The molecule has 0 amide bonds. The van der Waals surface area contributed by atoms with Crippen molar-refractivity contribution in [1.29, 1.82) is 0 Å². The van der Waals surface area contributed by atoms with Crippen LogP contribution in [-0.4, -0.2) is 11.0 Å². The van der Waals surface area contributed by atoms with Crippen LogP contribution < -0.4 is 11.5 Å². The highest BCUT2D eigenvalue weighted by molar-refractivity contribution is 5.41. The summed E-state index contributed by atoms with van der Waals surface area (Å²) in [7, 11) is 0. The molecular formula is C13H19N3. The average Bonchev–Trinajstić information content (AvgIpc) is 2.46. The Morgan fingerprint density at radius 2 is 2.25 bits per heavy atom. The maximum Gasteiger partial charge on any atom is 0.126 e. The number of pyridine rings is 1. The first-order valence-corrected chi connectivity index (χ1v) is 5.90. The zero-order valence-corrected chi connectivity index (χ0v) is 9.52. The highest BCUT2D eigenvalue weighted by atomic mass is 14.8. The molecule has 0 radical (unpaired) electrons. The number of hydrogen-bond acceptors (Lipinski definition) is 3. The van der Waals surface area contributed by atoms with Gasteiger partial charge in [-0.05, 0) is 37.3 Å². The molecule has 1 aromatic heterocycles. The number of nitrogens with two attached hydrogens (primary N) is 2. The zero-order chi connectivity index (χ0) is 11.4. The number of rotatable bonds is 2. The van der Waals surface area contributed by atoms with Crippen molar-refractivity contribution in [2.45, 2.75) is 38.1 Å². The summed E-state index contributed by atoms with van der Waals surface area (Å²) in [6.07, 6.45) is 9.54. The van der Waals surface area contributed by atoms with E-state index in [-0.39, 0.29) is 6.04 Å². The van der Waals surface area contributed by atoms with E-state index >= 15 is 0 Å². The van der Waals surface area contributed by atoms with Crippen molar-refractivity contribution in [2.75, 3.05) is 5.73 Å². The molecule has 1 aliphatic carbocycles. The second kappa shape index (κ2) is 5.12. The van der Waals surface area contributed by atoms with Gasteiger partial charge in [-0.2, -0.15) is 0 Å². The fourth-order valence-electron chi connectivity index (χ4n) is 2.19. The van der Waals surface area contributed by atoms with Crippen LogP contribution in [0.3, 0.4) is 0 Å². The molecule has 0 aromatic carbocycles. The largest absolute Gasteiger partial charge is 0.383 e. The first kappa shape index (κ1) is 11.1. The van der Waals surface area contributed by atoms with Gasteiger partial charge >= 0.3 is 0 Å². The van der Waals surface area contributed by atoms with Crippen molar-refractivity contribution < 1.29 is 0 Å². The smallest absolute Gasteiger partial charge is 0.126 e. The molecule has 1 atom stereocenters. The van der Waals surface area contributed by atoms with Crippen LogP contribution in [0, 0.1) is 0 Å². The summed E-state index contributed by atoms with van der Waals surface area (Å²) in [4.78, 5) is 4.11. The summed E-state index contributed by atoms with van der Waals surface area (Å²) in [5.41, 5.74) is 14.4. The molecule has 1 aliphatic rings. The normalized spacial score (nSPS) is 21.3. The number of nitrogens with zero attached hydrogens (tertiary/aromatic N) is 1. The van der Waals surface area contributed by atoms with E-state index in [0.29, 0.717) is 5.82 Å². The van der Waals surface area contributed by atoms with E-state index in [9.17, 15) is 0 Å². The van der Waals surface area contributed by atoms with Crippen molar-refractivity contribution in [3.05, 3.63) is 35.5 Å². The SMILES string of the molecule is Nc1ncccc1CC1=CC(N)CCCC1. The second-order valence-corrected chi connectivity index (χ2v) is 4.46. The van der Waals surface area contributed by atoms with Gasteiger partial charge in [0.15, 0.2) is 0 Å². The van der Waals surface area contributed by atoms with Gasteiger partial charge in [-0.3, -0.25) is 0 Å². The molecule has 3 nitrogen and oxygen atoms in total. The summed E-state index contributed by atoms with van der Waals surface area (Å²) in [6, 6.07) is 4.19. The fraction of sp³-hybridized carbons (Fsp3) is 0.462. The van der Waals surface area contributed by atoms with Crippen LogP contribution in [0.25, 0.3) is 0 Å². The molecular weight excluding hydrogens is 198 g/mol. The molecule has 1 unspecified atom stereocenters. The minimum Gasteiger partial charge on any atom is -0.383 e. The quantitative estimate of drug-likeness (QED) is 0.745. The third kappa shape index (κ3) is 2.83. The lowest BCUT2D eigenvalue weighted by molar-refractivity contribution is 0.654. The van der Waals surface area contributed by atoms with E-state index in [4.69, 9.17) is 11.5 Å². The van der Waals surface area contributed by atoms with Crippen molar-refractivity contribution in [3.63, 3.8) is 0 Å². The third-order valence-electron chi connectivity index (χ3n) is 3.08. The van der Waals surface area contributed by atoms with E-state index in [1.54, 1.807) is 6.20 Å². The van der Waals surface area contributed by atoms with Crippen LogP contribution in [0.2, 0.25) is 0 Å². The summed E-state index contributed by atoms with van der Waals surface area (Å²) < 4.78 is 0. The van der Waals surface area contributed by atoms with Crippen LogP contribution in [-0.2, 0) is 6.42 Å². The molecule has 1 heterocycles. The van der Waals surface area contributed by atoms with Crippen molar-refractivity contribution in [2.24, 2.45) is 5.73 Å². The highest BCUT2D eigenvalue weighted by Crippen LogP contribution is 2.21. The van der Waals surface area contributed by atoms with Crippen LogP contribution in [0.5, 0.6) is 0 Å².